The Morgan fingerprint density at radius 2 is 1.10 bits per heavy atom. The minimum Gasteiger partial charge on any atom is -0.450 e. The summed E-state index contributed by atoms with van der Waals surface area (Å²) in [6.07, 6.45) is 8.37. The van der Waals surface area contributed by atoms with Gasteiger partial charge >= 0.3 is 6.09 Å². The van der Waals surface area contributed by atoms with Gasteiger partial charge in [0.25, 0.3) is 0 Å². The van der Waals surface area contributed by atoms with Gasteiger partial charge in [0.1, 0.15) is 0 Å². The molecule has 0 N–H and O–H groups in total. The van der Waals surface area contributed by atoms with Gasteiger partial charge in [0, 0.05) is 48.3 Å². The van der Waals surface area contributed by atoms with Crippen molar-refractivity contribution < 1.29 is 26.4 Å². The predicted molar refractivity (Wildman–Crippen MR) is 233 cm³/mol. The Balaban J connectivity index is 0.000000223. The topological polar surface area (TPSA) is 104 Å². The third-order valence-corrected chi connectivity index (χ3v) is 15.5. The number of ether oxygens (including phenoxy) is 1. The van der Waals surface area contributed by atoms with Crippen LogP contribution < -0.4 is 0 Å². The van der Waals surface area contributed by atoms with Gasteiger partial charge in [-0.3, -0.25) is 0 Å². The molecule has 0 aromatic heterocycles. The molecule has 0 radical (unpaired) electrons. The number of likely N-dealkylation sites (tertiary alicyclic amines) is 1. The molecule has 2 atom stereocenters. The van der Waals surface area contributed by atoms with E-state index in [1.54, 1.807) is 69.0 Å². The van der Waals surface area contributed by atoms with Crippen LogP contribution in [0.4, 0.5) is 4.79 Å². The predicted octanol–water partition coefficient (Wildman–Crippen LogP) is 10.1. The van der Waals surface area contributed by atoms with Crippen LogP contribution in [0.25, 0.3) is 0 Å². The summed E-state index contributed by atoms with van der Waals surface area (Å²) in [5.74, 6) is 0.387. The van der Waals surface area contributed by atoms with Crippen LogP contribution in [-0.4, -0.2) is 81.3 Å². The largest absolute Gasteiger partial charge is 0.450 e. The summed E-state index contributed by atoms with van der Waals surface area (Å²) in [7, 11) is -7.21. The molecule has 4 aromatic carbocycles. The van der Waals surface area contributed by atoms with Crippen molar-refractivity contribution in [1.82, 2.24) is 13.5 Å². The van der Waals surface area contributed by atoms with E-state index in [4.69, 9.17) is 27.9 Å². The minimum atomic E-state index is -3.68. The van der Waals surface area contributed by atoms with Crippen LogP contribution >= 0.6 is 23.2 Å². The van der Waals surface area contributed by atoms with Crippen LogP contribution in [-0.2, 0) is 37.6 Å². The summed E-state index contributed by atoms with van der Waals surface area (Å²) in [5.41, 5.74) is 2.43. The van der Waals surface area contributed by atoms with E-state index in [-0.39, 0.29) is 23.1 Å². The maximum absolute atomic E-state index is 13.5. The number of carbonyl (C=O) groups is 1. The quantitative estimate of drug-likeness (QED) is 0.118. The maximum atomic E-state index is 13.5. The summed E-state index contributed by atoms with van der Waals surface area (Å²) in [6, 6.07) is 33.1. The number of rotatable bonds is 15. The second-order valence-corrected chi connectivity index (χ2v) is 19.7. The average Bonchev–Trinajstić information content (AvgIpc) is 3.23. The summed E-state index contributed by atoms with van der Waals surface area (Å²) < 4.78 is 62.2. The summed E-state index contributed by atoms with van der Waals surface area (Å²) in [4.78, 5) is 14.2. The SMILES string of the molecule is CC1CCCCC1N(CCCc1ccccc1)S(=O)(=O)c1ccc(Cl)cc1.CCOC(=O)N1CCC(N(CCCc2ccccc2)S(=O)(=O)c2ccc(Cl)cc2)CC1. The first-order valence-corrected chi connectivity index (χ1v) is 24.1. The van der Waals surface area contributed by atoms with E-state index >= 15 is 0 Å². The van der Waals surface area contributed by atoms with E-state index in [1.165, 1.54) is 17.5 Å². The van der Waals surface area contributed by atoms with E-state index in [1.807, 2.05) is 36.4 Å². The Hall–Kier alpha value is -3.45. The van der Waals surface area contributed by atoms with Gasteiger partial charge in [-0.2, -0.15) is 8.61 Å². The van der Waals surface area contributed by atoms with Gasteiger partial charge in [-0.25, -0.2) is 21.6 Å². The zero-order valence-electron chi connectivity index (χ0n) is 33.6. The number of hydrogen-bond acceptors (Lipinski definition) is 6. The van der Waals surface area contributed by atoms with Crippen molar-refractivity contribution in [3.05, 3.63) is 130 Å². The van der Waals surface area contributed by atoms with Crippen LogP contribution in [0.15, 0.2) is 119 Å². The molecule has 0 spiro atoms. The van der Waals surface area contributed by atoms with Crippen LogP contribution in [0.3, 0.4) is 0 Å². The van der Waals surface area contributed by atoms with Gasteiger partial charge in [-0.05, 0) is 124 Å². The highest BCUT2D eigenvalue weighted by Gasteiger charge is 2.36. The van der Waals surface area contributed by atoms with Crippen molar-refractivity contribution in [1.29, 1.82) is 0 Å². The molecule has 1 aliphatic carbocycles. The van der Waals surface area contributed by atoms with Crippen molar-refractivity contribution in [2.45, 2.75) is 99.9 Å². The van der Waals surface area contributed by atoms with Crippen molar-refractivity contribution in [2.75, 3.05) is 32.8 Å². The Morgan fingerprint density at radius 1 is 0.655 bits per heavy atom. The fraction of sp³-hybridized carbons (Fsp3) is 0.444. The van der Waals surface area contributed by atoms with Crippen molar-refractivity contribution in [3.8, 4) is 0 Å². The maximum Gasteiger partial charge on any atom is 0.409 e. The second kappa shape index (κ2) is 22.2. The molecule has 9 nitrogen and oxygen atoms in total. The molecular weight excluding hydrogens is 814 g/mol. The molecule has 0 bridgehead atoms. The van der Waals surface area contributed by atoms with Crippen LogP contribution in [0, 0.1) is 5.92 Å². The molecule has 1 saturated carbocycles. The molecule has 58 heavy (non-hydrogen) atoms. The molecule has 2 fully saturated rings. The van der Waals surface area contributed by atoms with E-state index in [2.05, 4.69) is 31.2 Å². The van der Waals surface area contributed by atoms with Gasteiger partial charge < -0.3 is 9.64 Å². The van der Waals surface area contributed by atoms with Gasteiger partial charge in [0.05, 0.1) is 16.4 Å². The lowest BCUT2D eigenvalue weighted by Gasteiger charge is -2.37. The van der Waals surface area contributed by atoms with Crippen LogP contribution in [0.1, 0.15) is 76.3 Å². The zero-order valence-corrected chi connectivity index (χ0v) is 36.7. The van der Waals surface area contributed by atoms with Crippen LogP contribution in [0.5, 0.6) is 0 Å². The fourth-order valence-corrected chi connectivity index (χ4v) is 11.7. The molecule has 4 aromatic rings. The lowest BCUT2D eigenvalue weighted by atomic mass is 9.86. The second-order valence-electron chi connectivity index (χ2n) is 15.1. The first-order valence-electron chi connectivity index (χ1n) is 20.4. The molecule has 314 valence electrons. The zero-order chi connectivity index (χ0) is 41.5. The minimum absolute atomic E-state index is 0.0789. The Labute approximate surface area is 356 Å². The average molecular weight is 871 g/mol. The number of nitrogens with zero attached hydrogens (tertiary/aromatic N) is 3. The van der Waals surface area contributed by atoms with Crippen molar-refractivity contribution >= 4 is 49.3 Å². The molecule has 13 heteroatoms. The van der Waals surface area contributed by atoms with Gasteiger partial charge in [0.2, 0.25) is 20.0 Å². The number of hydrogen-bond donors (Lipinski definition) is 0. The van der Waals surface area contributed by atoms with E-state index in [9.17, 15) is 21.6 Å². The summed E-state index contributed by atoms with van der Waals surface area (Å²) in [6.45, 7) is 6.22. The Morgan fingerprint density at radius 3 is 1.57 bits per heavy atom. The van der Waals surface area contributed by atoms with E-state index < -0.39 is 20.0 Å². The lowest BCUT2D eigenvalue weighted by Crippen LogP contribution is -2.49. The number of carbonyl (C=O) groups excluding carboxylic acids is 1. The molecule has 1 saturated heterocycles. The molecule has 2 unspecified atom stereocenters. The van der Waals surface area contributed by atoms with E-state index in [0.29, 0.717) is 66.5 Å². The first kappa shape index (κ1) is 45.6. The highest BCUT2D eigenvalue weighted by atomic mass is 35.5. The van der Waals surface area contributed by atoms with E-state index in [0.717, 1.165) is 44.9 Å². The number of sulfonamides is 2. The molecule has 1 heterocycles. The lowest BCUT2D eigenvalue weighted by molar-refractivity contribution is 0.0884. The van der Waals surface area contributed by atoms with Gasteiger partial charge in [0.15, 0.2) is 0 Å². The molecule has 1 aliphatic heterocycles. The normalized spacial score (nSPS) is 17.8. The fourth-order valence-electron chi connectivity index (χ4n) is 7.89. The number of amides is 1. The van der Waals surface area contributed by atoms with Gasteiger partial charge in [-0.1, -0.05) is 104 Å². The third-order valence-electron chi connectivity index (χ3n) is 11.0. The highest BCUT2D eigenvalue weighted by Crippen LogP contribution is 2.33. The Kier molecular flexibility index (Phi) is 17.5. The number of benzene rings is 4. The summed E-state index contributed by atoms with van der Waals surface area (Å²) in [5, 5.41) is 1.05. The molecule has 2 aliphatic rings. The Bertz CT molecular complexity index is 2070. The molecule has 1 amide bonds. The standard InChI is InChI=1S/C23H29ClN2O4S.C22H28ClNO2S/c1-2-30-23(27)25-17-14-21(15-18-25)26(16-6-9-19-7-4-3-5-8-19)31(28,29)22-12-10-20(24)11-13-22;1-18-8-5-6-12-22(18)24(17-7-11-19-9-3-2-4-10-19)27(25,26)21-15-13-20(23)14-16-21/h3-5,7-8,10-13,21H,2,6,9,14-18H2,1H3;2-4,9-10,13-16,18,22H,5-8,11-12,17H2,1H3. The third kappa shape index (κ3) is 12.8. The molecule has 6 rings (SSSR count). The number of aryl methyl sites for hydroxylation is 2. The molecular formula is C45H57Cl2N3O6S2. The highest BCUT2D eigenvalue weighted by molar-refractivity contribution is 7.89. The van der Waals surface area contributed by atoms with Crippen molar-refractivity contribution in [2.24, 2.45) is 5.92 Å². The first-order chi connectivity index (χ1) is 27.9. The van der Waals surface area contributed by atoms with Crippen molar-refractivity contribution in [3.63, 3.8) is 0 Å². The monoisotopic (exact) mass is 869 g/mol. The smallest absolute Gasteiger partial charge is 0.409 e. The number of halogens is 2. The number of piperidine rings is 1. The van der Waals surface area contributed by atoms with Gasteiger partial charge in [-0.15, -0.1) is 0 Å². The summed E-state index contributed by atoms with van der Waals surface area (Å²) >= 11 is 11.9. The van der Waals surface area contributed by atoms with Crippen LogP contribution in [0.2, 0.25) is 10.0 Å².